The van der Waals surface area contributed by atoms with Crippen LogP contribution in [0.25, 0.3) is 6.08 Å². The number of hydrazine groups is 1. The van der Waals surface area contributed by atoms with Crippen molar-refractivity contribution in [3.8, 4) is 0 Å². The van der Waals surface area contributed by atoms with E-state index in [4.69, 9.17) is 20.6 Å². The zero-order valence-electron chi connectivity index (χ0n) is 41.8. The summed E-state index contributed by atoms with van der Waals surface area (Å²) < 4.78 is 14.8. The lowest BCUT2D eigenvalue weighted by Crippen LogP contribution is -2.51. The molecule has 3 fully saturated rings. The van der Waals surface area contributed by atoms with Gasteiger partial charge in [-0.05, 0) is 94.8 Å². The standard InChI is InChI=1S/C22H30FN5O4.C20H33N5O.C5H10O.CH4O.H2O2/c1-16-3-5-28(6-4-16)21(31)13-26-7-9-27(10-8-26)20-11-17(14-29)18(12-19(20)23)22(32)25(2)24-15-30;1-6-18(15(2)3)25(5)19-16(8-7-13-26)14-21-20(23-19)22-17-9-11-24(4)12-10-17;1-2-3-4-5-6;2*1-2/h11-12,14-16H,3-10,13H2,1-2H3,(H,24,30);7-8,13-15,17-18H,6,9-12H2,1-5H3,(H,21,22,23);5H,2-4H2,1H3;2H,1H3;1-2H/b;8-7-;;;/t;18-;;;/m.1.../s1. The predicted octanol–water partition coefficient (Wildman–Crippen LogP) is 4.82. The van der Waals surface area contributed by atoms with Crippen molar-refractivity contribution in [2.75, 3.05) is 102 Å². The Kier molecular flexibility index (Phi) is 30.3. The van der Waals surface area contributed by atoms with Gasteiger partial charge in [-0.25, -0.2) is 9.37 Å². The summed E-state index contributed by atoms with van der Waals surface area (Å²) in [6.07, 6.45) is 15.9. The lowest BCUT2D eigenvalue weighted by Gasteiger charge is -2.37. The molecule has 1 aromatic heterocycles. The van der Waals surface area contributed by atoms with Gasteiger partial charge in [-0.3, -0.25) is 49.8 Å². The van der Waals surface area contributed by atoms with Crippen LogP contribution in [0.3, 0.4) is 0 Å². The van der Waals surface area contributed by atoms with E-state index in [1.165, 1.54) is 19.2 Å². The highest BCUT2D eigenvalue weighted by atomic mass is 19.1. The first-order valence-electron chi connectivity index (χ1n) is 23.5. The summed E-state index contributed by atoms with van der Waals surface area (Å²) in [5.41, 5.74) is 3.18. The number of unbranched alkanes of at least 4 members (excludes halogenated alkanes) is 2. The molecule has 1 atom stereocenters. The van der Waals surface area contributed by atoms with Crippen LogP contribution >= 0.6 is 0 Å². The van der Waals surface area contributed by atoms with Gasteiger partial charge in [0, 0.05) is 96.3 Å². The molecule has 5 rings (SSSR count). The molecule has 0 spiro atoms. The number of benzene rings is 1. The number of hydrogen-bond acceptors (Lipinski definition) is 16. The average Bonchev–Trinajstić information content (AvgIpc) is 3.35. The first-order valence-corrected chi connectivity index (χ1v) is 23.5. The number of carbonyl (C=O) groups is 6. The summed E-state index contributed by atoms with van der Waals surface area (Å²) in [7, 11) is 6.54. The van der Waals surface area contributed by atoms with Crippen LogP contribution in [-0.2, 0) is 19.2 Å². The highest BCUT2D eigenvalue weighted by molar-refractivity contribution is 6.02. The van der Waals surface area contributed by atoms with Gasteiger partial charge in [0.05, 0.1) is 17.8 Å². The van der Waals surface area contributed by atoms with Gasteiger partial charge in [0.1, 0.15) is 24.2 Å². The number of aldehydes is 3. The Bertz CT molecular complexity index is 1830. The molecule has 0 saturated carbocycles. The van der Waals surface area contributed by atoms with E-state index in [2.05, 4.69) is 79.1 Å². The molecule has 68 heavy (non-hydrogen) atoms. The molecule has 382 valence electrons. The Hall–Kier alpha value is -5.41. The van der Waals surface area contributed by atoms with Crippen molar-refractivity contribution in [2.24, 2.45) is 11.8 Å². The number of piperidine rings is 2. The second kappa shape index (κ2) is 34.0. The molecule has 0 aliphatic carbocycles. The number of halogens is 1. The van der Waals surface area contributed by atoms with Gasteiger partial charge in [-0.15, -0.1) is 0 Å². The minimum atomic E-state index is -0.694. The van der Waals surface area contributed by atoms with Crippen LogP contribution in [0.2, 0.25) is 0 Å². The maximum Gasteiger partial charge on any atom is 0.272 e. The van der Waals surface area contributed by atoms with E-state index >= 15 is 0 Å². The van der Waals surface area contributed by atoms with Crippen molar-refractivity contribution in [3.05, 3.63) is 46.9 Å². The summed E-state index contributed by atoms with van der Waals surface area (Å²) in [4.78, 5) is 87.0. The van der Waals surface area contributed by atoms with Crippen LogP contribution in [0.5, 0.6) is 0 Å². The fourth-order valence-corrected chi connectivity index (χ4v) is 8.08. The molecule has 0 bridgehead atoms. The molecule has 3 saturated heterocycles. The van der Waals surface area contributed by atoms with Gasteiger partial charge in [0.15, 0.2) is 6.29 Å². The van der Waals surface area contributed by atoms with Crippen molar-refractivity contribution in [3.63, 3.8) is 0 Å². The fourth-order valence-electron chi connectivity index (χ4n) is 8.08. The second-order valence-corrected chi connectivity index (χ2v) is 17.3. The van der Waals surface area contributed by atoms with E-state index in [9.17, 15) is 33.2 Å². The van der Waals surface area contributed by atoms with Crippen LogP contribution in [0.4, 0.5) is 21.8 Å². The molecule has 19 nitrogen and oxygen atoms in total. The number of nitrogens with zero attached hydrogens (tertiary/aromatic N) is 8. The number of hydrogen-bond donors (Lipinski definition) is 5. The number of allylic oxidation sites excluding steroid dienone is 1. The maximum atomic E-state index is 14.8. The summed E-state index contributed by atoms with van der Waals surface area (Å²) in [5, 5.41) is 23.4. The monoisotopic (exact) mass is 959 g/mol. The summed E-state index contributed by atoms with van der Waals surface area (Å²) >= 11 is 0. The molecule has 20 heteroatoms. The SMILES string of the molecule is CC1CCN(C(=O)CN2CCN(c3cc(C=O)c(C(=O)N(C)NC=O)cc3F)CC2)CC1.CCCCC=O.CC[C@H](C(C)C)N(C)c1nc(NC2CCN(C)CC2)ncc1/C=C\C=O.CO.OO. The van der Waals surface area contributed by atoms with Gasteiger partial charge in [-0.1, -0.05) is 41.0 Å². The Morgan fingerprint density at radius 3 is 2.07 bits per heavy atom. The smallest absolute Gasteiger partial charge is 0.272 e. The third-order valence-corrected chi connectivity index (χ3v) is 12.1. The first kappa shape index (κ1) is 60.6. The van der Waals surface area contributed by atoms with E-state index in [-0.39, 0.29) is 22.7 Å². The number of anilines is 3. The fraction of sp³-hybridized carbons (Fsp3) is 0.625. The maximum absolute atomic E-state index is 14.8. The number of carbonyl (C=O) groups excluding carboxylic acids is 6. The Morgan fingerprint density at radius 1 is 0.926 bits per heavy atom. The van der Waals surface area contributed by atoms with E-state index < -0.39 is 11.7 Å². The quantitative estimate of drug-likeness (QED) is 0.0443. The molecule has 2 aromatic rings. The number of nitrogens with one attached hydrogen (secondary N) is 2. The number of aliphatic hydroxyl groups is 1. The topological polar surface area (TPSA) is 232 Å². The van der Waals surface area contributed by atoms with Crippen molar-refractivity contribution in [1.82, 2.24) is 35.1 Å². The number of aromatic nitrogens is 2. The molecule has 3 aliphatic rings. The first-order chi connectivity index (χ1) is 32.7. The van der Waals surface area contributed by atoms with Crippen molar-refractivity contribution in [2.45, 2.75) is 98.1 Å². The van der Waals surface area contributed by atoms with Gasteiger partial charge in [-0.2, -0.15) is 4.98 Å². The molecule has 1 aromatic carbocycles. The zero-order chi connectivity index (χ0) is 51.2. The number of likely N-dealkylation sites (tertiary alicyclic amines) is 2. The summed E-state index contributed by atoms with van der Waals surface area (Å²) in [6, 6.07) is 3.18. The van der Waals surface area contributed by atoms with Crippen molar-refractivity contribution < 1.29 is 48.8 Å². The third-order valence-electron chi connectivity index (χ3n) is 12.1. The Labute approximate surface area is 402 Å². The number of piperazine rings is 1. The molecule has 0 radical (unpaired) electrons. The number of aliphatic hydroxyl groups excluding tert-OH is 1. The number of amides is 3. The summed E-state index contributed by atoms with van der Waals surface area (Å²) in [6.45, 7) is 17.3. The molecule has 0 unspecified atom stereocenters. The van der Waals surface area contributed by atoms with Gasteiger partial charge in [0.2, 0.25) is 18.3 Å². The van der Waals surface area contributed by atoms with Gasteiger partial charge in [0.25, 0.3) is 5.91 Å². The third kappa shape index (κ3) is 20.0. The minimum absolute atomic E-state index is 0.0443. The van der Waals surface area contributed by atoms with Crippen LogP contribution in [0, 0.1) is 17.7 Å². The van der Waals surface area contributed by atoms with Gasteiger partial charge < -0.3 is 34.8 Å². The van der Waals surface area contributed by atoms with Gasteiger partial charge >= 0.3 is 0 Å². The lowest BCUT2D eigenvalue weighted by atomic mass is 9.99. The molecular weight excluding hydrogens is 880 g/mol. The van der Waals surface area contributed by atoms with Crippen LogP contribution in [-0.4, -0.2) is 182 Å². The van der Waals surface area contributed by atoms with Crippen molar-refractivity contribution in [1.29, 1.82) is 0 Å². The largest absolute Gasteiger partial charge is 0.400 e. The number of rotatable bonds is 18. The molecule has 4 heterocycles. The molecule has 3 amide bonds. The predicted molar refractivity (Wildman–Crippen MR) is 264 cm³/mol. The average molecular weight is 959 g/mol. The van der Waals surface area contributed by atoms with Crippen LogP contribution in [0.1, 0.15) is 112 Å². The van der Waals surface area contributed by atoms with E-state index in [1.54, 1.807) is 6.08 Å². The highest BCUT2D eigenvalue weighted by Gasteiger charge is 2.27. The summed E-state index contributed by atoms with van der Waals surface area (Å²) in [5.74, 6) is 1.53. The molecule has 3 aliphatic heterocycles. The normalized spacial score (nSPS) is 16.0. The lowest BCUT2D eigenvalue weighted by molar-refractivity contribution is -0.176. The second-order valence-electron chi connectivity index (χ2n) is 17.3. The van der Waals surface area contributed by atoms with E-state index in [0.717, 1.165) is 120 Å². The zero-order valence-corrected chi connectivity index (χ0v) is 41.8. The van der Waals surface area contributed by atoms with E-state index in [0.29, 0.717) is 75.3 Å². The van der Waals surface area contributed by atoms with Crippen molar-refractivity contribution >= 4 is 60.6 Å². The van der Waals surface area contributed by atoms with E-state index in [1.807, 2.05) is 16.0 Å². The van der Waals surface area contributed by atoms with Crippen LogP contribution in [0.15, 0.2) is 24.4 Å². The molecular formula is C48H79FN10O9. The Balaban J connectivity index is 0.000000577. The minimum Gasteiger partial charge on any atom is -0.400 e. The van der Waals surface area contributed by atoms with Crippen LogP contribution < -0.4 is 20.5 Å². The Morgan fingerprint density at radius 2 is 1.56 bits per heavy atom. The molecule has 5 N–H and O–H groups in total. The highest BCUT2D eigenvalue weighted by Crippen LogP contribution is 2.27.